The lowest BCUT2D eigenvalue weighted by Gasteiger charge is -2.46. The van der Waals surface area contributed by atoms with E-state index in [0.29, 0.717) is 6.10 Å². The molecule has 1 rings (SSSR count). The standard InChI is InChI=1S/C15H33N2O/c1-14(2)11-13(12-15(3,4)16-14)18-10-8-9-17(5,6)7/h13,16H,8-12H2,1-7H3/q+1. The number of ether oxygens (including phenoxy) is 1. The van der Waals surface area contributed by atoms with Crippen molar-refractivity contribution < 1.29 is 9.22 Å². The van der Waals surface area contributed by atoms with E-state index in [1.165, 1.54) is 6.54 Å². The fraction of sp³-hybridized carbons (Fsp3) is 1.00. The van der Waals surface area contributed by atoms with Crippen LogP contribution in [0.2, 0.25) is 0 Å². The molecule has 3 nitrogen and oxygen atoms in total. The lowest BCUT2D eigenvalue weighted by atomic mass is 9.81. The molecule has 108 valence electrons. The van der Waals surface area contributed by atoms with Crippen molar-refractivity contribution in [3.63, 3.8) is 0 Å². The second kappa shape index (κ2) is 5.48. The van der Waals surface area contributed by atoms with Crippen molar-refractivity contribution in [1.82, 2.24) is 5.32 Å². The summed E-state index contributed by atoms with van der Waals surface area (Å²) in [6, 6.07) is 0. The van der Waals surface area contributed by atoms with Crippen LogP contribution in [0.1, 0.15) is 47.0 Å². The van der Waals surface area contributed by atoms with Gasteiger partial charge in [0.25, 0.3) is 0 Å². The minimum atomic E-state index is 0.187. The van der Waals surface area contributed by atoms with Crippen LogP contribution in [-0.2, 0) is 4.74 Å². The third kappa shape index (κ3) is 6.17. The molecule has 0 spiro atoms. The fourth-order valence-corrected chi connectivity index (χ4v) is 3.14. The topological polar surface area (TPSA) is 21.3 Å². The molecule has 1 aliphatic heterocycles. The van der Waals surface area contributed by atoms with E-state index in [9.17, 15) is 0 Å². The van der Waals surface area contributed by atoms with Gasteiger partial charge in [-0.1, -0.05) is 0 Å². The van der Waals surface area contributed by atoms with Crippen molar-refractivity contribution in [2.75, 3.05) is 34.3 Å². The first-order valence-corrected chi connectivity index (χ1v) is 7.21. The van der Waals surface area contributed by atoms with Gasteiger partial charge in [-0.25, -0.2) is 0 Å². The van der Waals surface area contributed by atoms with Crippen molar-refractivity contribution in [2.45, 2.75) is 64.1 Å². The zero-order valence-corrected chi connectivity index (χ0v) is 13.5. The average molecular weight is 257 g/mol. The van der Waals surface area contributed by atoms with E-state index in [4.69, 9.17) is 4.74 Å². The Kier molecular flexibility index (Phi) is 4.85. The van der Waals surface area contributed by atoms with E-state index in [1.807, 2.05) is 0 Å². The summed E-state index contributed by atoms with van der Waals surface area (Å²) in [4.78, 5) is 0. The number of rotatable bonds is 5. The molecule has 18 heavy (non-hydrogen) atoms. The van der Waals surface area contributed by atoms with Crippen LogP contribution < -0.4 is 5.32 Å². The summed E-state index contributed by atoms with van der Waals surface area (Å²) in [6.45, 7) is 11.2. The molecule has 0 amide bonds. The lowest BCUT2D eigenvalue weighted by Crippen LogP contribution is -2.59. The zero-order chi connectivity index (χ0) is 14.0. The van der Waals surface area contributed by atoms with Crippen molar-refractivity contribution in [3.05, 3.63) is 0 Å². The highest BCUT2D eigenvalue weighted by Crippen LogP contribution is 2.30. The molecule has 0 unspecified atom stereocenters. The molecule has 0 bridgehead atoms. The Labute approximate surface area is 113 Å². The molecular formula is C15H33N2O+. The number of nitrogens with one attached hydrogen (secondary N) is 1. The molecule has 1 aliphatic rings. The Bertz CT molecular complexity index is 250. The molecule has 0 atom stereocenters. The first-order valence-electron chi connectivity index (χ1n) is 7.21. The molecule has 0 aromatic carbocycles. The minimum Gasteiger partial charge on any atom is -0.378 e. The summed E-state index contributed by atoms with van der Waals surface area (Å²) >= 11 is 0. The van der Waals surface area contributed by atoms with E-state index in [1.54, 1.807) is 0 Å². The van der Waals surface area contributed by atoms with Gasteiger partial charge < -0.3 is 14.5 Å². The largest absolute Gasteiger partial charge is 0.378 e. The number of quaternary nitrogens is 1. The minimum absolute atomic E-state index is 0.187. The van der Waals surface area contributed by atoms with Crippen LogP contribution in [0.3, 0.4) is 0 Å². The Balaban J connectivity index is 2.34. The second-order valence-electron chi connectivity index (χ2n) is 8.16. The van der Waals surface area contributed by atoms with Crippen LogP contribution >= 0.6 is 0 Å². The monoisotopic (exact) mass is 257 g/mol. The van der Waals surface area contributed by atoms with Crippen LogP contribution in [0.4, 0.5) is 0 Å². The summed E-state index contributed by atoms with van der Waals surface area (Å²) in [5.74, 6) is 0. The molecule has 0 aromatic heterocycles. The van der Waals surface area contributed by atoms with E-state index in [2.05, 4.69) is 54.2 Å². The molecule has 0 aromatic rings. The van der Waals surface area contributed by atoms with E-state index < -0.39 is 0 Å². The van der Waals surface area contributed by atoms with Gasteiger partial charge in [0.1, 0.15) is 0 Å². The van der Waals surface area contributed by atoms with Crippen molar-refractivity contribution in [1.29, 1.82) is 0 Å². The van der Waals surface area contributed by atoms with Gasteiger partial charge in [-0.05, 0) is 40.5 Å². The Hall–Kier alpha value is -0.120. The maximum absolute atomic E-state index is 6.10. The van der Waals surface area contributed by atoms with Crippen LogP contribution in [0.15, 0.2) is 0 Å². The van der Waals surface area contributed by atoms with Gasteiger partial charge in [0.2, 0.25) is 0 Å². The van der Waals surface area contributed by atoms with Crippen molar-refractivity contribution in [2.24, 2.45) is 0 Å². The van der Waals surface area contributed by atoms with Gasteiger partial charge in [0.15, 0.2) is 0 Å². The summed E-state index contributed by atoms with van der Waals surface area (Å²) in [5.41, 5.74) is 0.374. The van der Waals surface area contributed by atoms with Crippen LogP contribution in [0.25, 0.3) is 0 Å². The van der Waals surface area contributed by atoms with Gasteiger partial charge in [-0.2, -0.15) is 0 Å². The summed E-state index contributed by atoms with van der Waals surface area (Å²) in [6.07, 6.45) is 3.78. The summed E-state index contributed by atoms with van der Waals surface area (Å²) < 4.78 is 7.12. The van der Waals surface area contributed by atoms with E-state index in [-0.39, 0.29) is 11.1 Å². The van der Waals surface area contributed by atoms with Crippen molar-refractivity contribution in [3.8, 4) is 0 Å². The van der Waals surface area contributed by atoms with Crippen molar-refractivity contribution >= 4 is 0 Å². The Morgan fingerprint density at radius 1 is 1.06 bits per heavy atom. The molecular weight excluding hydrogens is 224 g/mol. The van der Waals surface area contributed by atoms with E-state index in [0.717, 1.165) is 30.4 Å². The maximum atomic E-state index is 6.10. The smallest absolute Gasteiger partial charge is 0.0802 e. The maximum Gasteiger partial charge on any atom is 0.0802 e. The van der Waals surface area contributed by atoms with Crippen LogP contribution in [-0.4, -0.2) is 56.0 Å². The quantitative estimate of drug-likeness (QED) is 0.603. The highest BCUT2D eigenvalue weighted by Gasteiger charge is 2.37. The number of hydrogen-bond acceptors (Lipinski definition) is 2. The van der Waals surface area contributed by atoms with Crippen LogP contribution in [0.5, 0.6) is 0 Å². The third-order valence-corrected chi connectivity index (χ3v) is 3.48. The molecule has 0 aliphatic carbocycles. The SMILES string of the molecule is CC1(C)CC(OCCC[N+](C)(C)C)CC(C)(C)N1. The Morgan fingerprint density at radius 3 is 2.00 bits per heavy atom. The zero-order valence-electron chi connectivity index (χ0n) is 13.5. The number of hydrogen-bond donors (Lipinski definition) is 1. The number of nitrogens with zero attached hydrogens (tertiary/aromatic N) is 1. The molecule has 1 heterocycles. The normalized spacial score (nSPS) is 24.2. The first kappa shape index (κ1) is 15.9. The van der Waals surface area contributed by atoms with Gasteiger partial charge >= 0.3 is 0 Å². The predicted octanol–water partition coefficient (Wildman–Crippen LogP) is 2.41. The highest BCUT2D eigenvalue weighted by molar-refractivity contribution is 4.97. The van der Waals surface area contributed by atoms with Gasteiger partial charge in [-0.3, -0.25) is 0 Å². The van der Waals surface area contributed by atoms with Gasteiger partial charge in [0, 0.05) is 17.5 Å². The molecule has 0 saturated carbocycles. The van der Waals surface area contributed by atoms with Gasteiger partial charge in [-0.15, -0.1) is 0 Å². The van der Waals surface area contributed by atoms with E-state index >= 15 is 0 Å². The third-order valence-electron chi connectivity index (χ3n) is 3.48. The Morgan fingerprint density at radius 2 is 1.56 bits per heavy atom. The molecule has 0 radical (unpaired) electrons. The summed E-state index contributed by atoms with van der Waals surface area (Å²) in [7, 11) is 6.70. The number of piperidine rings is 1. The average Bonchev–Trinajstić information content (AvgIpc) is 2.05. The lowest BCUT2D eigenvalue weighted by molar-refractivity contribution is -0.870. The fourth-order valence-electron chi connectivity index (χ4n) is 3.14. The first-order chi connectivity index (χ1) is 7.99. The van der Waals surface area contributed by atoms with Crippen LogP contribution in [0, 0.1) is 0 Å². The second-order valence-corrected chi connectivity index (χ2v) is 8.16. The highest BCUT2D eigenvalue weighted by atomic mass is 16.5. The molecule has 1 N–H and O–H groups in total. The predicted molar refractivity (Wildman–Crippen MR) is 77.8 cm³/mol. The van der Waals surface area contributed by atoms with Gasteiger partial charge in [0.05, 0.1) is 40.4 Å². The molecule has 3 heteroatoms. The summed E-state index contributed by atoms with van der Waals surface area (Å²) in [5, 5.41) is 3.69. The molecule has 1 fully saturated rings. The molecule has 1 saturated heterocycles.